The fraction of sp³-hybridized carbons (Fsp3) is 0.348. The Labute approximate surface area is 155 Å². The van der Waals surface area contributed by atoms with E-state index in [2.05, 4.69) is 61.8 Å². The summed E-state index contributed by atoms with van der Waals surface area (Å²) >= 11 is 0. The van der Waals surface area contributed by atoms with Crippen LogP contribution in [0.4, 0.5) is 5.69 Å². The van der Waals surface area contributed by atoms with Crippen molar-refractivity contribution in [3.63, 3.8) is 0 Å². The molecular weight excluding hydrogens is 320 g/mol. The average molecular weight is 346 g/mol. The molecule has 0 aromatic heterocycles. The Balaban J connectivity index is 1.88. The summed E-state index contributed by atoms with van der Waals surface area (Å²) < 4.78 is 0. The number of anilines is 1. The molecule has 0 radical (unpaired) electrons. The van der Waals surface area contributed by atoms with Crippen molar-refractivity contribution in [1.82, 2.24) is 5.32 Å². The molecule has 2 N–H and O–H groups in total. The molecule has 1 aliphatic heterocycles. The highest BCUT2D eigenvalue weighted by Gasteiger charge is 2.40. The minimum Gasteiger partial charge on any atom is -0.377 e. The van der Waals surface area contributed by atoms with Crippen molar-refractivity contribution in [2.75, 3.05) is 12.4 Å². The zero-order valence-corrected chi connectivity index (χ0v) is 15.9. The Bertz CT molecular complexity index is 889. The van der Waals surface area contributed by atoms with E-state index in [1.807, 2.05) is 12.1 Å². The third kappa shape index (κ3) is 2.54. The van der Waals surface area contributed by atoms with E-state index in [0.29, 0.717) is 11.8 Å². The molecule has 1 aliphatic carbocycles. The highest BCUT2D eigenvalue weighted by atomic mass is 16.1. The minimum atomic E-state index is -0.0362. The van der Waals surface area contributed by atoms with Gasteiger partial charge in [-0.15, -0.1) is 0 Å². The first-order chi connectivity index (χ1) is 12.5. The predicted molar refractivity (Wildman–Crippen MR) is 107 cm³/mol. The van der Waals surface area contributed by atoms with Crippen molar-refractivity contribution in [3.05, 3.63) is 75.9 Å². The lowest BCUT2D eigenvalue weighted by Crippen LogP contribution is -2.32. The van der Waals surface area contributed by atoms with Gasteiger partial charge in [0.25, 0.3) is 5.91 Å². The molecule has 0 spiro atoms. The summed E-state index contributed by atoms with van der Waals surface area (Å²) in [6, 6.07) is 10.8. The second-order valence-electron chi connectivity index (χ2n) is 7.64. The van der Waals surface area contributed by atoms with Crippen LogP contribution in [0, 0.1) is 26.7 Å². The molecule has 3 heteroatoms. The number of hydrogen-bond acceptors (Lipinski definition) is 2. The molecular formula is C23H26N2O. The summed E-state index contributed by atoms with van der Waals surface area (Å²) in [6.45, 7) is 6.56. The molecule has 0 bridgehead atoms. The topological polar surface area (TPSA) is 41.1 Å². The van der Waals surface area contributed by atoms with Crippen molar-refractivity contribution in [2.45, 2.75) is 39.2 Å². The number of benzene rings is 2. The fourth-order valence-corrected chi connectivity index (χ4v) is 4.91. The van der Waals surface area contributed by atoms with Crippen LogP contribution in [-0.2, 0) is 0 Å². The zero-order chi connectivity index (χ0) is 18.4. The van der Waals surface area contributed by atoms with Gasteiger partial charge in [-0.2, -0.15) is 0 Å². The van der Waals surface area contributed by atoms with Crippen molar-refractivity contribution in [1.29, 1.82) is 0 Å². The number of fused-ring (bicyclic) bond motifs is 3. The quantitative estimate of drug-likeness (QED) is 0.767. The van der Waals surface area contributed by atoms with E-state index in [4.69, 9.17) is 0 Å². The third-order valence-electron chi connectivity index (χ3n) is 5.92. The van der Waals surface area contributed by atoms with Gasteiger partial charge in [0.2, 0.25) is 0 Å². The summed E-state index contributed by atoms with van der Waals surface area (Å²) in [4.78, 5) is 12.4. The first kappa shape index (κ1) is 16.9. The number of rotatable bonds is 2. The van der Waals surface area contributed by atoms with Gasteiger partial charge in [-0.05, 0) is 61.4 Å². The number of carbonyl (C=O) groups is 1. The molecule has 2 aromatic carbocycles. The maximum Gasteiger partial charge on any atom is 0.253 e. The lowest BCUT2D eigenvalue weighted by molar-refractivity contribution is 0.0963. The van der Waals surface area contributed by atoms with Gasteiger partial charge in [0.15, 0.2) is 0 Å². The number of nitrogens with one attached hydrogen (secondary N) is 2. The molecule has 3 unspecified atom stereocenters. The van der Waals surface area contributed by atoms with Crippen molar-refractivity contribution < 1.29 is 4.79 Å². The molecule has 2 aliphatic rings. The monoisotopic (exact) mass is 346 g/mol. The lowest BCUT2D eigenvalue weighted by Gasteiger charge is -2.39. The summed E-state index contributed by atoms with van der Waals surface area (Å²) in [5.74, 6) is 0.814. The van der Waals surface area contributed by atoms with Crippen molar-refractivity contribution in [3.8, 4) is 0 Å². The van der Waals surface area contributed by atoms with Gasteiger partial charge in [0, 0.05) is 13.0 Å². The Hall–Kier alpha value is -2.55. The van der Waals surface area contributed by atoms with E-state index in [9.17, 15) is 4.79 Å². The van der Waals surface area contributed by atoms with E-state index in [0.717, 1.165) is 17.7 Å². The number of amides is 1. The van der Waals surface area contributed by atoms with Crippen molar-refractivity contribution in [2.24, 2.45) is 5.92 Å². The van der Waals surface area contributed by atoms with Gasteiger partial charge in [-0.25, -0.2) is 0 Å². The van der Waals surface area contributed by atoms with Gasteiger partial charge >= 0.3 is 0 Å². The number of aryl methyl sites for hydroxylation is 3. The highest BCUT2D eigenvalue weighted by Crippen LogP contribution is 2.51. The van der Waals surface area contributed by atoms with Gasteiger partial charge in [0.1, 0.15) is 0 Å². The van der Waals surface area contributed by atoms with Crippen LogP contribution in [0.3, 0.4) is 0 Å². The minimum absolute atomic E-state index is 0.0362. The van der Waals surface area contributed by atoms with Crippen LogP contribution in [0.15, 0.2) is 42.5 Å². The van der Waals surface area contributed by atoms with Crippen molar-refractivity contribution >= 4 is 11.6 Å². The number of allylic oxidation sites excluding steroid dienone is 2. The van der Waals surface area contributed by atoms with Crippen LogP contribution >= 0.6 is 0 Å². The lowest BCUT2D eigenvalue weighted by atomic mass is 9.74. The van der Waals surface area contributed by atoms with Crippen LogP contribution in [0.1, 0.15) is 56.6 Å². The molecule has 0 saturated heterocycles. The SMILES string of the molecule is CNC(=O)c1cccc2c1NC(c1c(C)cc(C)cc1C)C1CC=CC21. The van der Waals surface area contributed by atoms with E-state index in [-0.39, 0.29) is 11.9 Å². The second kappa shape index (κ2) is 6.31. The van der Waals surface area contributed by atoms with E-state index in [1.54, 1.807) is 7.05 Å². The van der Waals surface area contributed by atoms with E-state index < -0.39 is 0 Å². The summed E-state index contributed by atoms with van der Waals surface area (Å²) in [5, 5.41) is 6.55. The molecule has 3 atom stereocenters. The maximum absolute atomic E-state index is 12.4. The Morgan fingerprint density at radius 2 is 1.88 bits per heavy atom. The fourth-order valence-electron chi connectivity index (χ4n) is 4.91. The van der Waals surface area contributed by atoms with Crippen LogP contribution < -0.4 is 10.6 Å². The van der Waals surface area contributed by atoms with Gasteiger partial charge < -0.3 is 10.6 Å². The highest BCUT2D eigenvalue weighted by molar-refractivity contribution is 6.00. The zero-order valence-electron chi connectivity index (χ0n) is 15.9. The molecule has 2 aromatic rings. The molecule has 1 heterocycles. The van der Waals surface area contributed by atoms with Crippen LogP contribution in [0.25, 0.3) is 0 Å². The van der Waals surface area contributed by atoms with E-state index in [1.165, 1.54) is 27.8 Å². The maximum atomic E-state index is 12.4. The first-order valence-corrected chi connectivity index (χ1v) is 9.37. The molecule has 3 nitrogen and oxygen atoms in total. The first-order valence-electron chi connectivity index (χ1n) is 9.37. The number of hydrogen-bond donors (Lipinski definition) is 2. The third-order valence-corrected chi connectivity index (χ3v) is 5.92. The molecule has 0 fully saturated rings. The van der Waals surface area contributed by atoms with E-state index >= 15 is 0 Å². The summed E-state index contributed by atoms with van der Waals surface area (Å²) in [5.41, 5.74) is 8.29. The van der Waals surface area contributed by atoms with Gasteiger partial charge in [-0.1, -0.05) is 42.0 Å². The number of carbonyl (C=O) groups excluding carboxylic acids is 1. The van der Waals surface area contributed by atoms with Crippen LogP contribution in [-0.4, -0.2) is 13.0 Å². The molecule has 1 amide bonds. The average Bonchev–Trinajstić information content (AvgIpc) is 3.10. The molecule has 0 saturated carbocycles. The Kier molecular flexibility index (Phi) is 4.10. The van der Waals surface area contributed by atoms with Gasteiger partial charge in [0.05, 0.1) is 17.3 Å². The summed E-state index contributed by atoms with van der Waals surface area (Å²) in [7, 11) is 1.69. The van der Waals surface area contributed by atoms with Crippen LogP contribution in [0.2, 0.25) is 0 Å². The standard InChI is InChI=1S/C23H26N2O/c1-13-11-14(2)20(15(3)12-13)22-18-9-5-7-16(18)17-8-6-10-19(21(17)25-22)23(26)24-4/h5-8,10-12,16,18,22,25H,9H2,1-4H3,(H,24,26). The molecule has 26 heavy (non-hydrogen) atoms. The predicted octanol–water partition coefficient (Wildman–Crippen LogP) is 4.80. The van der Waals surface area contributed by atoms with Gasteiger partial charge in [-0.3, -0.25) is 4.79 Å². The largest absolute Gasteiger partial charge is 0.377 e. The normalized spacial score (nSPS) is 23.2. The smallest absolute Gasteiger partial charge is 0.253 e. The van der Waals surface area contributed by atoms with Crippen LogP contribution in [0.5, 0.6) is 0 Å². The Morgan fingerprint density at radius 1 is 1.15 bits per heavy atom. The summed E-state index contributed by atoms with van der Waals surface area (Å²) in [6.07, 6.45) is 5.69. The second-order valence-corrected chi connectivity index (χ2v) is 7.64. The molecule has 4 rings (SSSR count). The number of para-hydroxylation sites is 1. The molecule has 134 valence electrons. The Morgan fingerprint density at radius 3 is 2.58 bits per heavy atom.